The van der Waals surface area contributed by atoms with Crippen LogP contribution in [0.25, 0.3) is 22.0 Å². The summed E-state index contributed by atoms with van der Waals surface area (Å²) in [5, 5.41) is 9.67. The number of H-pyrrole nitrogens is 2. The van der Waals surface area contributed by atoms with Crippen molar-refractivity contribution >= 4 is 34.3 Å². The van der Waals surface area contributed by atoms with E-state index in [1.54, 1.807) is 13.0 Å². The largest absolute Gasteiger partial charge is 0.396 e. The molecule has 3 aromatic rings. The molecule has 0 saturated heterocycles. The summed E-state index contributed by atoms with van der Waals surface area (Å²) < 4.78 is 28.4. The van der Waals surface area contributed by atoms with Gasteiger partial charge in [-0.1, -0.05) is 11.6 Å². The Morgan fingerprint density at radius 2 is 1.90 bits per heavy atom. The van der Waals surface area contributed by atoms with E-state index in [2.05, 4.69) is 9.97 Å². The van der Waals surface area contributed by atoms with Crippen molar-refractivity contribution < 1.29 is 13.9 Å². The van der Waals surface area contributed by atoms with Gasteiger partial charge in [-0.05, 0) is 37.5 Å². The highest BCUT2D eigenvalue weighted by Gasteiger charge is 2.42. The lowest BCUT2D eigenvalue weighted by atomic mass is 9.97. The predicted molar refractivity (Wildman–Crippen MR) is 110 cm³/mol. The van der Waals surface area contributed by atoms with Gasteiger partial charge in [-0.3, -0.25) is 9.78 Å². The van der Waals surface area contributed by atoms with Crippen LogP contribution in [-0.2, 0) is 0 Å². The normalized spacial score (nSPS) is 15.1. The fourth-order valence-electron chi connectivity index (χ4n) is 3.35. The lowest BCUT2D eigenvalue weighted by Gasteiger charge is -2.18. The van der Waals surface area contributed by atoms with Gasteiger partial charge in [0.15, 0.2) is 0 Å². The zero-order valence-electron chi connectivity index (χ0n) is 15.4. The first kappa shape index (κ1) is 20.1. The van der Waals surface area contributed by atoms with Gasteiger partial charge in [0.2, 0.25) is 0 Å². The van der Waals surface area contributed by atoms with Crippen LogP contribution in [0.4, 0.5) is 8.78 Å². The van der Waals surface area contributed by atoms with Crippen molar-refractivity contribution in [2.75, 3.05) is 12.4 Å². The van der Waals surface area contributed by atoms with E-state index in [1.165, 1.54) is 17.8 Å². The van der Waals surface area contributed by atoms with Crippen LogP contribution in [0.1, 0.15) is 18.4 Å². The van der Waals surface area contributed by atoms with Gasteiger partial charge in [-0.15, -0.1) is 11.8 Å². The number of aliphatic hydroxyl groups excluding tert-OH is 1. The Morgan fingerprint density at radius 3 is 2.55 bits per heavy atom. The fraction of sp³-hybridized carbons (Fsp3) is 0.300. The van der Waals surface area contributed by atoms with Gasteiger partial charge in [0.1, 0.15) is 11.6 Å². The molecule has 9 heteroatoms. The summed E-state index contributed by atoms with van der Waals surface area (Å²) in [4.78, 5) is 29.5. The number of hydrogen-bond donors (Lipinski definition) is 3. The number of halogens is 3. The van der Waals surface area contributed by atoms with Crippen molar-refractivity contribution in [1.82, 2.24) is 9.97 Å². The van der Waals surface area contributed by atoms with E-state index in [1.807, 2.05) is 0 Å². The summed E-state index contributed by atoms with van der Waals surface area (Å²) in [6.07, 6.45) is 1.73. The number of aliphatic hydroxyl groups is 1. The SMILES string of the molecule is Cc1cc2c(=O)[nH]c(=O)[nH]c2c(SCC2(CO)CC2)c1-c1cc(Cl)c(F)cc1F. The minimum atomic E-state index is -0.873. The first-order chi connectivity index (χ1) is 13.7. The van der Waals surface area contributed by atoms with Gasteiger partial charge in [0.05, 0.1) is 15.9 Å². The van der Waals surface area contributed by atoms with E-state index in [0.717, 1.165) is 12.8 Å². The zero-order valence-corrected chi connectivity index (χ0v) is 16.9. The number of nitrogens with one attached hydrogen (secondary N) is 2. The molecule has 2 aromatic carbocycles. The van der Waals surface area contributed by atoms with Crippen LogP contribution < -0.4 is 11.2 Å². The Balaban J connectivity index is 2.01. The summed E-state index contributed by atoms with van der Waals surface area (Å²) >= 11 is 7.23. The van der Waals surface area contributed by atoms with Gasteiger partial charge >= 0.3 is 5.69 Å². The zero-order chi connectivity index (χ0) is 20.9. The van der Waals surface area contributed by atoms with E-state index in [0.29, 0.717) is 27.8 Å². The lowest BCUT2D eigenvalue weighted by molar-refractivity contribution is 0.227. The van der Waals surface area contributed by atoms with Crippen molar-refractivity contribution in [2.24, 2.45) is 5.41 Å². The van der Waals surface area contributed by atoms with Gasteiger partial charge in [0, 0.05) is 39.9 Å². The first-order valence-corrected chi connectivity index (χ1v) is 10.3. The number of thioether (sulfide) groups is 1. The lowest BCUT2D eigenvalue weighted by Crippen LogP contribution is -2.22. The maximum Gasteiger partial charge on any atom is 0.326 e. The molecular weight excluding hydrogens is 422 g/mol. The molecule has 0 spiro atoms. The van der Waals surface area contributed by atoms with Crippen LogP contribution in [0.5, 0.6) is 0 Å². The molecule has 5 nitrogen and oxygen atoms in total. The number of hydrogen-bond acceptors (Lipinski definition) is 4. The smallest absolute Gasteiger partial charge is 0.326 e. The summed E-state index contributed by atoms with van der Waals surface area (Å²) in [6.45, 7) is 1.73. The highest BCUT2D eigenvalue weighted by Crippen LogP contribution is 2.50. The Labute approximate surface area is 173 Å². The fourth-order valence-corrected chi connectivity index (χ4v) is 5.06. The van der Waals surface area contributed by atoms with Crippen molar-refractivity contribution in [3.05, 3.63) is 61.3 Å². The third kappa shape index (κ3) is 3.60. The number of benzene rings is 2. The summed E-state index contributed by atoms with van der Waals surface area (Å²) in [6, 6.07) is 3.47. The van der Waals surface area contributed by atoms with E-state index < -0.39 is 22.9 Å². The van der Waals surface area contributed by atoms with Crippen LogP contribution in [0.3, 0.4) is 0 Å². The van der Waals surface area contributed by atoms with Crippen LogP contribution in [0.2, 0.25) is 5.02 Å². The molecule has 1 aromatic heterocycles. The average Bonchev–Trinajstić information content (AvgIpc) is 3.44. The molecule has 0 amide bonds. The van der Waals surface area contributed by atoms with E-state index in [-0.39, 0.29) is 33.5 Å². The summed E-state index contributed by atoms with van der Waals surface area (Å²) in [5.41, 5.74) is -0.101. The number of fused-ring (bicyclic) bond motifs is 1. The second-order valence-corrected chi connectivity index (χ2v) is 8.81. The molecule has 0 aliphatic heterocycles. The van der Waals surface area contributed by atoms with Crippen molar-refractivity contribution in [1.29, 1.82) is 0 Å². The topological polar surface area (TPSA) is 86.0 Å². The van der Waals surface area contributed by atoms with Gasteiger partial charge in [-0.2, -0.15) is 0 Å². The Bertz CT molecular complexity index is 1250. The van der Waals surface area contributed by atoms with Gasteiger partial charge in [0.25, 0.3) is 5.56 Å². The maximum absolute atomic E-state index is 14.7. The maximum atomic E-state index is 14.7. The highest BCUT2D eigenvalue weighted by atomic mass is 35.5. The Hall–Kier alpha value is -2.16. The molecule has 1 heterocycles. The molecule has 0 radical (unpaired) electrons. The Morgan fingerprint density at radius 1 is 1.17 bits per heavy atom. The second kappa shape index (κ2) is 7.27. The molecule has 1 fully saturated rings. The van der Waals surface area contributed by atoms with Crippen LogP contribution >= 0.6 is 23.4 Å². The third-order valence-electron chi connectivity index (χ3n) is 5.28. The van der Waals surface area contributed by atoms with Crippen LogP contribution in [-0.4, -0.2) is 27.4 Å². The van der Waals surface area contributed by atoms with E-state index in [4.69, 9.17) is 11.6 Å². The average molecular weight is 439 g/mol. The van der Waals surface area contributed by atoms with Crippen molar-refractivity contribution in [2.45, 2.75) is 24.7 Å². The minimum absolute atomic E-state index is 0.0208. The van der Waals surface area contributed by atoms with Crippen LogP contribution in [0, 0.1) is 24.0 Å². The number of aromatic amines is 2. The number of aryl methyl sites for hydroxylation is 1. The molecule has 1 aliphatic carbocycles. The number of rotatable bonds is 5. The molecule has 3 N–H and O–H groups in total. The minimum Gasteiger partial charge on any atom is -0.396 e. The molecule has 0 atom stereocenters. The molecular formula is C20H17ClF2N2O3S. The molecule has 0 unspecified atom stereocenters. The molecule has 29 heavy (non-hydrogen) atoms. The quantitative estimate of drug-likeness (QED) is 0.415. The number of aromatic nitrogens is 2. The van der Waals surface area contributed by atoms with Crippen molar-refractivity contribution in [3.8, 4) is 11.1 Å². The van der Waals surface area contributed by atoms with Gasteiger partial charge in [-0.25, -0.2) is 13.6 Å². The molecule has 4 rings (SSSR count). The molecule has 152 valence electrons. The standard InChI is InChI=1S/C20H17ClF2N2O3S/c1-9-4-11-16(24-19(28)25-18(11)27)17(29-8-20(7-26)2-3-20)15(9)10-5-12(21)14(23)6-13(10)22/h4-6,26H,2-3,7-8H2,1H3,(H2,24,25,27,28). The van der Waals surface area contributed by atoms with E-state index in [9.17, 15) is 23.5 Å². The monoisotopic (exact) mass is 438 g/mol. The van der Waals surface area contributed by atoms with Crippen molar-refractivity contribution in [3.63, 3.8) is 0 Å². The molecule has 1 aliphatic rings. The molecule has 1 saturated carbocycles. The Kier molecular flexibility index (Phi) is 5.04. The second-order valence-electron chi connectivity index (χ2n) is 7.42. The third-order valence-corrected chi connectivity index (χ3v) is 7.03. The first-order valence-electron chi connectivity index (χ1n) is 8.93. The summed E-state index contributed by atoms with van der Waals surface area (Å²) in [5.74, 6) is -1.14. The van der Waals surface area contributed by atoms with Crippen LogP contribution in [0.15, 0.2) is 32.7 Å². The van der Waals surface area contributed by atoms with Gasteiger partial charge < -0.3 is 10.1 Å². The van der Waals surface area contributed by atoms with E-state index >= 15 is 0 Å². The summed E-state index contributed by atoms with van der Waals surface area (Å²) in [7, 11) is 0. The molecule has 0 bridgehead atoms. The highest BCUT2D eigenvalue weighted by molar-refractivity contribution is 7.99. The predicted octanol–water partition coefficient (Wildman–Crippen LogP) is 3.99.